The second-order valence-electron chi connectivity index (χ2n) is 5.44. The number of rotatable bonds is 9. The summed E-state index contributed by atoms with van der Waals surface area (Å²) in [4.78, 5) is 11.5. The molecule has 0 spiro atoms. The maximum absolute atomic E-state index is 13.3. The average molecular weight is 296 g/mol. The van der Waals surface area contributed by atoms with Crippen molar-refractivity contribution in [3.8, 4) is 5.75 Å². The number of likely N-dealkylation sites (N-methyl/N-ethyl adjacent to an activating group) is 1. The fourth-order valence-corrected chi connectivity index (χ4v) is 2.12. The Morgan fingerprint density at radius 1 is 1.43 bits per heavy atom. The molecule has 0 fully saturated rings. The summed E-state index contributed by atoms with van der Waals surface area (Å²) < 4.78 is 18.8. The van der Waals surface area contributed by atoms with Crippen molar-refractivity contribution in [2.75, 3.05) is 13.2 Å². The molecule has 1 atom stereocenters. The third-order valence-corrected chi connectivity index (χ3v) is 3.59. The van der Waals surface area contributed by atoms with Crippen molar-refractivity contribution in [2.45, 2.75) is 45.6 Å². The standard InChI is InChI=1S/C16H25FN2O2/c1-4-19-16(3,15(18)20)9-5-6-10-21-13-8-7-12(2)14(17)11-13/h7-8,11,19H,4-6,9-10H2,1-3H3,(H2,18,20). The normalized spacial score (nSPS) is 13.7. The molecule has 0 bridgehead atoms. The van der Waals surface area contributed by atoms with Crippen molar-refractivity contribution in [1.29, 1.82) is 0 Å². The summed E-state index contributed by atoms with van der Waals surface area (Å²) in [6, 6.07) is 4.84. The number of aryl methyl sites for hydroxylation is 1. The molecule has 21 heavy (non-hydrogen) atoms. The molecule has 3 N–H and O–H groups in total. The van der Waals surface area contributed by atoms with E-state index in [1.807, 2.05) is 13.8 Å². The lowest BCUT2D eigenvalue weighted by Crippen LogP contribution is -2.53. The molecule has 1 aromatic carbocycles. The first-order valence-corrected chi connectivity index (χ1v) is 7.33. The van der Waals surface area contributed by atoms with E-state index in [9.17, 15) is 9.18 Å². The number of amides is 1. The Hall–Kier alpha value is -1.62. The minimum Gasteiger partial charge on any atom is -0.493 e. The highest BCUT2D eigenvalue weighted by Crippen LogP contribution is 2.17. The molecule has 4 nitrogen and oxygen atoms in total. The zero-order chi connectivity index (χ0) is 15.9. The predicted octanol–water partition coefficient (Wildman–Crippen LogP) is 2.54. The van der Waals surface area contributed by atoms with Gasteiger partial charge in [-0.25, -0.2) is 4.39 Å². The highest BCUT2D eigenvalue weighted by molar-refractivity contribution is 5.84. The van der Waals surface area contributed by atoms with Crippen LogP contribution >= 0.6 is 0 Å². The molecule has 1 amide bonds. The number of benzene rings is 1. The van der Waals surface area contributed by atoms with Crippen molar-refractivity contribution in [3.63, 3.8) is 0 Å². The Balaban J connectivity index is 2.33. The molecular weight excluding hydrogens is 271 g/mol. The van der Waals surface area contributed by atoms with Crippen LogP contribution < -0.4 is 15.8 Å². The van der Waals surface area contributed by atoms with Crippen LogP contribution in [0.2, 0.25) is 0 Å². The number of carbonyl (C=O) groups excluding carboxylic acids is 1. The summed E-state index contributed by atoms with van der Waals surface area (Å²) in [5.41, 5.74) is 5.35. The summed E-state index contributed by atoms with van der Waals surface area (Å²) >= 11 is 0. The van der Waals surface area contributed by atoms with Gasteiger partial charge in [0, 0.05) is 6.07 Å². The fourth-order valence-electron chi connectivity index (χ4n) is 2.12. The zero-order valence-electron chi connectivity index (χ0n) is 13.0. The number of ether oxygens (including phenoxy) is 1. The summed E-state index contributed by atoms with van der Waals surface area (Å²) in [5, 5.41) is 3.12. The predicted molar refractivity (Wildman–Crippen MR) is 81.8 cm³/mol. The van der Waals surface area contributed by atoms with E-state index in [4.69, 9.17) is 10.5 Å². The topological polar surface area (TPSA) is 64.3 Å². The highest BCUT2D eigenvalue weighted by atomic mass is 19.1. The molecule has 1 rings (SSSR count). The Morgan fingerprint density at radius 3 is 2.71 bits per heavy atom. The van der Waals surface area contributed by atoms with Gasteiger partial charge in [-0.3, -0.25) is 4.79 Å². The SMILES string of the molecule is CCNC(C)(CCCCOc1ccc(C)c(F)c1)C(N)=O. The number of nitrogens with two attached hydrogens (primary N) is 1. The molecule has 0 radical (unpaired) electrons. The Kier molecular flexibility index (Phi) is 6.62. The van der Waals surface area contributed by atoms with E-state index in [0.29, 0.717) is 30.9 Å². The largest absolute Gasteiger partial charge is 0.493 e. The maximum atomic E-state index is 13.3. The first kappa shape index (κ1) is 17.4. The fraction of sp³-hybridized carbons (Fsp3) is 0.562. The molecule has 1 aromatic rings. The number of hydrogen-bond donors (Lipinski definition) is 2. The van der Waals surface area contributed by atoms with Crippen molar-refractivity contribution in [1.82, 2.24) is 5.32 Å². The van der Waals surface area contributed by atoms with Crippen LogP contribution in [0.25, 0.3) is 0 Å². The van der Waals surface area contributed by atoms with Crippen molar-refractivity contribution in [2.24, 2.45) is 5.73 Å². The van der Waals surface area contributed by atoms with Crippen LogP contribution in [0, 0.1) is 12.7 Å². The van der Waals surface area contributed by atoms with Gasteiger partial charge in [0.15, 0.2) is 0 Å². The summed E-state index contributed by atoms with van der Waals surface area (Å²) in [6.07, 6.45) is 2.24. The second kappa shape index (κ2) is 7.98. The molecule has 0 aromatic heterocycles. The molecule has 0 heterocycles. The number of carbonyl (C=O) groups is 1. The number of halogens is 1. The van der Waals surface area contributed by atoms with E-state index >= 15 is 0 Å². The Morgan fingerprint density at radius 2 is 2.14 bits per heavy atom. The van der Waals surface area contributed by atoms with Gasteiger partial charge < -0.3 is 15.8 Å². The van der Waals surface area contributed by atoms with Crippen LogP contribution in [-0.4, -0.2) is 24.6 Å². The quantitative estimate of drug-likeness (QED) is 0.688. The summed E-state index contributed by atoms with van der Waals surface area (Å²) in [5.74, 6) is -0.0748. The van der Waals surface area contributed by atoms with Crippen LogP contribution in [0.1, 0.15) is 38.7 Å². The molecule has 0 aliphatic carbocycles. The van der Waals surface area contributed by atoms with Gasteiger partial charge in [-0.05, 0) is 51.3 Å². The lowest BCUT2D eigenvalue weighted by Gasteiger charge is -2.26. The highest BCUT2D eigenvalue weighted by Gasteiger charge is 2.28. The van der Waals surface area contributed by atoms with Gasteiger partial charge in [-0.2, -0.15) is 0 Å². The number of nitrogens with one attached hydrogen (secondary N) is 1. The van der Waals surface area contributed by atoms with Crippen LogP contribution in [0.15, 0.2) is 18.2 Å². The molecule has 0 saturated heterocycles. The van der Waals surface area contributed by atoms with Crippen LogP contribution in [0.5, 0.6) is 5.75 Å². The molecular formula is C16H25FN2O2. The van der Waals surface area contributed by atoms with Crippen molar-refractivity contribution < 1.29 is 13.9 Å². The molecule has 1 unspecified atom stereocenters. The first-order chi connectivity index (χ1) is 9.89. The van der Waals surface area contributed by atoms with Gasteiger partial charge in [0.2, 0.25) is 5.91 Å². The van der Waals surface area contributed by atoms with E-state index in [1.54, 1.807) is 19.1 Å². The Bertz CT molecular complexity index is 479. The van der Waals surface area contributed by atoms with Gasteiger partial charge in [-0.1, -0.05) is 13.0 Å². The molecule has 0 aliphatic heterocycles. The number of primary amides is 1. The third kappa shape index (κ3) is 5.34. The lowest BCUT2D eigenvalue weighted by atomic mass is 9.94. The Labute approximate surface area is 125 Å². The van der Waals surface area contributed by atoms with E-state index in [2.05, 4.69) is 5.32 Å². The van der Waals surface area contributed by atoms with Gasteiger partial charge in [-0.15, -0.1) is 0 Å². The second-order valence-corrected chi connectivity index (χ2v) is 5.44. The molecule has 118 valence electrons. The monoisotopic (exact) mass is 296 g/mol. The molecule has 0 saturated carbocycles. The van der Waals surface area contributed by atoms with Crippen LogP contribution in [0.4, 0.5) is 4.39 Å². The van der Waals surface area contributed by atoms with Gasteiger partial charge in [0.1, 0.15) is 11.6 Å². The van der Waals surface area contributed by atoms with Crippen LogP contribution in [-0.2, 0) is 4.79 Å². The minimum atomic E-state index is -0.676. The van der Waals surface area contributed by atoms with E-state index in [1.165, 1.54) is 6.07 Å². The minimum absolute atomic E-state index is 0.263. The zero-order valence-corrected chi connectivity index (χ0v) is 13.0. The van der Waals surface area contributed by atoms with Gasteiger partial charge in [0.05, 0.1) is 12.1 Å². The maximum Gasteiger partial charge on any atom is 0.237 e. The lowest BCUT2D eigenvalue weighted by molar-refractivity contribution is -0.124. The van der Waals surface area contributed by atoms with E-state index in [0.717, 1.165) is 12.8 Å². The van der Waals surface area contributed by atoms with Gasteiger partial charge in [0.25, 0.3) is 0 Å². The van der Waals surface area contributed by atoms with E-state index in [-0.39, 0.29) is 11.7 Å². The third-order valence-electron chi connectivity index (χ3n) is 3.59. The average Bonchev–Trinajstić information content (AvgIpc) is 2.42. The van der Waals surface area contributed by atoms with Gasteiger partial charge >= 0.3 is 0 Å². The smallest absolute Gasteiger partial charge is 0.237 e. The van der Waals surface area contributed by atoms with Crippen molar-refractivity contribution >= 4 is 5.91 Å². The van der Waals surface area contributed by atoms with Crippen molar-refractivity contribution in [3.05, 3.63) is 29.6 Å². The number of hydrogen-bond acceptors (Lipinski definition) is 3. The first-order valence-electron chi connectivity index (χ1n) is 7.33. The molecule has 0 aliphatic rings. The number of unbranched alkanes of at least 4 members (excludes halogenated alkanes) is 1. The van der Waals surface area contributed by atoms with E-state index < -0.39 is 5.54 Å². The molecule has 5 heteroatoms. The van der Waals surface area contributed by atoms with Crippen LogP contribution in [0.3, 0.4) is 0 Å². The summed E-state index contributed by atoms with van der Waals surface area (Å²) in [6.45, 7) is 6.65. The summed E-state index contributed by atoms with van der Waals surface area (Å²) in [7, 11) is 0.